The number of hydrogen-bond donors (Lipinski definition) is 1. The lowest BCUT2D eigenvalue weighted by atomic mass is 9.81. The maximum absolute atomic E-state index is 11.7. The van der Waals surface area contributed by atoms with E-state index < -0.39 is 21.2 Å². The van der Waals surface area contributed by atoms with Crippen LogP contribution in [0.15, 0.2) is 23.1 Å². The second-order valence-corrected chi connectivity index (χ2v) is 7.23. The highest BCUT2D eigenvalue weighted by Gasteiger charge is 2.31. The number of halogens is 1. The third-order valence-corrected chi connectivity index (χ3v) is 4.10. The summed E-state index contributed by atoms with van der Waals surface area (Å²) in [7, 11) is -3.45. The molecule has 0 unspecified atom stereocenters. The molecule has 1 N–H and O–H groups in total. The van der Waals surface area contributed by atoms with Crippen molar-refractivity contribution >= 4 is 27.4 Å². The van der Waals surface area contributed by atoms with E-state index in [9.17, 15) is 13.2 Å². The quantitative estimate of drug-likeness (QED) is 0.925. The van der Waals surface area contributed by atoms with Gasteiger partial charge in [0.2, 0.25) is 0 Å². The first kappa shape index (κ1) is 15.0. The second kappa shape index (κ2) is 4.90. The molecule has 1 aromatic carbocycles. The molecule has 0 atom stereocenters. The lowest BCUT2D eigenvalue weighted by Gasteiger charge is -2.26. The van der Waals surface area contributed by atoms with E-state index in [1.807, 2.05) is 0 Å². The van der Waals surface area contributed by atoms with Gasteiger partial charge < -0.3 is 5.11 Å². The molecule has 0 saturated heterocycles. The van der Waals surface area contributed by atoms with Gasteiger partial charge in [0.25, 0.3) is 0 Å². The largest absolute Gasteiger partial charge is 0.481 e. The van der Waals surface area contributed by atoms with Gasteiger partial charge in [-0.15, -0.1) is 0 Å². The predicted molar refractivity (Wildman–Crippen MR) is 69.8 cm³/mol. The van der Waals surface area contributed by atoms with Crippen molar-refractivity contribution in [2.24, 2.45) is 0 Å². The third-order valence-electron chi connectivity index (χ3n) is 2.64. The van der Waals surface area contributed by atoms with Crippen molar-refractivity contribution in [1.29, 1.82) is 0 Å². The molecular weight excluding hydrogens is 276 g/mol. The van der Waals surface area contributed by atoms with Gasteiger partial charge in [-0.05, 0) is 17.7 Å². The minimum Gasteiger partial charge on any atom is -0.481 e. The molecule has 1 rings (SSSR count). The van der Waals surface area contributed by atoms with Crippen molar-refractivity contribution in [2.45, 2.75) is 30.6 Å². The van der Waals surface area contributed by atoms with Crippen LogP contribution in [0.2, 0.25) is 5.02 Å². The van der Waals surface area contributed by atoms with Gasteiger partial charge >= 0.3 is 5.97 Å². The number of benzene rings is 1. The summed E-state index contributed by atoms with van der Waals surface area (Å²) in [6.45, 7) is 3.33. The van der Waals surface area contributed by atoms with Gasteiger partial charge in [0.1, 0.15) is 0 Å². The summed E-state index contributed by atoms with van der Waals surface area (Å²) >= 11 is 6.05. The summed E-state index contributed by atoms with van der Waals surface area (Å²) in [6, 6.07) is 4.55. The van der Waals surface area contributed by atoms with Crippen molar-refractivity contribution in [3.8, 4) is 0 Å². The zero-order valence-electron chi connectivity index (χ0n) is 10.4. The Kier molecular flexibility index (Phi) is 4.08. The van der Waals surface area contributed by atoms with E-state index in [1.165, 1.54) is 6.07 Å². The first-order valence-corrected chi connectivity index (χ1v) is 7.53. The monoisotopic (exact) mass is 290 g/mol. The number of carboxylic acids is 1. The Bertz CT molecular complexity index is 576. The molecule has 1 aromatic rings. The van der Waals surface area contributed by atoms with Crippen LogP contribution in [0.3, 0.4) is 0 Å². The molecule has 0 aliphatic heterocycles. The molecule has 18 heavy (non-hydrogen) atoms. The van der Waals surface area contributed by atoms with E-state index in [0.717, 1.165) is 6.26 Å². The molecule has 0 aliphatic carbocycles. The molecule has 0 radical (unpaired) electrons. The Hall–Kier alpha value is -1.07. The van der Waals surface area contributed by atoms with Gasteiger partial charge in [0.15, 0.2) is 9.84 Å². The smallest absolute Gasteiger partial charge is 0.304 e. The predicted octanol–water partition coefficient (Wildman–Crippen LogP) is 2.50. The van der Waals surface area contributed by atoms with Gasteiger partial charge in [-0.2, -0.15) is 0 Å². The summed E-state index contributed by atoms with van der Waals surface area (Å²) in [5, 5.41) is 9.17. The lowest BCUT2D eigenvalue weighted by molar-refractivity contribution is -0.138. The second-order valence-electron chi connectivity index (χ2n) is 4.84. The first-order chi connectivity index (χ1) is 8.05. The molecule has 0 aliphatic rings. The van der Waals surface area contributed by atoms with Gasteiger partial charge in [0.05, 0.1) is 11.3 Å². The fraction of sp³-hybridized carbons (Fsp3) is 0.417. The zero-order chi connectivity index (χ0) is 14.1. The summed E-state index contributed by atoms with van der Waals surface area (Å²) < 4.78 is 23.5. The molecule has 0 fully saturated rings. The topological polar surface area (TPSA) is 71.4 Å². The number of hydrogen-bond acceptors (Lipinski definition) is 3. The van der Waals surface area contributed by atoms with Crippen LogP contribution in [-0.4, -0.2) is 25.7 Å². The molecule has 100 valence electrons. The number of carboxylic acid groups (broad SMARTS) is 1. The van der Waals surface area contributed by atoms with Crippen LogP contribution >= 0.6 is 11.6 Å². The van der Waals surface area contributed by atoms with Gasteiger partial charge in [-0.3, -0.25) is 4.79 Å². The SMILES string of the molecule is CC(C)(CC(=O)O)c1c(Cl)cccc1S(C)(=O)=O. The van der Waals surface area contributed by atoms with Gasteiger partial charge in [-0.25, -0.2) is 8.42 Å². The van der Waals surface area contributed by atoms with Crippen molar-refractivity contribution in [1.82, 2.24) is 0 Å². The zero-order valence-corrected chi connectivity index (χ0v) is 12.0. The summed E-state index contributed by atoms with van der Waals surface area (Å²) in [6.07, 6.45) is 0.887. The highest BCUT2D eigenvalue weighted by molar-refractivity contribution is 7.90. The number of sulfone groups is 1. The summed E-state index contributed by atoms with van der Waals surface area (Å²) in [5.74, 6) is -1.00. The maximum atomic E-state index is 11.7. The molecular formula is C12H15ClO4S. The average Bonchev–Trinajstić information content (AvgIpc) is 2.13. The molecule has 0 heterocycles. The van der Waals surface area contributed by atoms with Crippen LogP contribution < -0.4 is 0 Å². The highest BCUT2D eigenvalue weighted by Crippen LogP contribution is 2.37. The lowest BCUT2D eigenvalue weighted by Crippen LogP contribution is -2.24. The summed E-state index contributed by atoms with van der Waals surface area (Å²) in [4.78, 5) is 11.0. The van der Waals surface area contributed by atoms with Crippen molar-refractivity contribution in [3.05, 3.63) is 28.8 Å². The van der Waals surface area contributed by atoms with E-state index in [0.29, 0.717) is 5.56 Å². The maximum Gasteiger partial charge on any atom is 0.304 e. The van der Waals surface area contributed by atoms with Crippen molar-refractivity contribution < 1.29 is 18.3 Å². The van der Waals surface area contributed by atoms with Crippen molar-refractivity contribution in [2.75, 3.05) is 6.26 Å². The Morgan fingerprint density at radius 2 is 1.94 bits per heavy atom. The summed E-state index contributed by atoms with van der Waals surface area (Å²) in [5.41, 5.74) is -0.501. The van der Waals surface area contributed by atoms with Gasteiger partial charge in [0, 0.05) is 16.7 Å². The molecule has 0 spiro atoms. The molecule has 0 aromatic heterocycles. The van der Waals surface area contributed by atoms with Crippen LogP contribution in [0.4, 0.5) is 0 Å². The van der Waals surface area contributed by atoms with Crippen LogP contribution in [0.1, 0.15) is 25.8 Å². The normalized spacial score (nSPS) is 12.4. The average molecular weight is 291 g/mol. The standard InChI is InChI=1S/C12H15ClO4S/c1-12(2,7-10(14)15)11-8(13)5-4-6-9(11)18(3,16)17/h4-6H,7H2,1-3H3,(H,14,15). The number of rotatable bonds is 4. The number of carbonyl (C=O) groups is 1. The Labute approximate surface area is 112 Å². The fourth-order valence-electron chi connectivity index (χ4n) is 1.94. The van der Waals surface area contributed by atoms with Gasteiger partial charge in [-0.1, -0.05) is 31.5 Å². The Balaban J connectivity index is 3.53. The van der Waals surface area contributed by atoms with E-state index >= 15 is 0 Å². The minimum absolute atomic E-state index is 0.0845. The molecule has 6 heteroatoms. The van der Waals surface area contributed by atoms with E-state index in [2.05, 4.69) is 0 Å². The fourth-order valence-corrected chi connectivity index (χ4v) is 3.51. The molecule has 4 nitrogen and oxygen atoms in total. The Morgan fingerprint density at radius 3 is 2.39 bits per heavy atom. The Morgan fingerprint density at radius 1 is 1.39 bits per heavy atom. The van der Waals surface area contributed by atoms with E-state index in [4.69, 9.17) is 16.7 Å². The van der Waals surface area contributed by atoms with Crippen molar-refractivity contribution in [3.63, 3.8) is 0 Å². The molecule has 0 amide bonds. The third kappa shape index (κ3) is 3.23. The van der Waals surface area contributed by atoms with Crippen LogP contribution in [0.25, 0.3) is 0 Å². The minimum atomic E-state index is -3.45. The van der Waals surface area contributed by atoms with E-state index in [-0.39, 0.29) is 16.3 Å². The van der Waals surface area contributed by atoms with Crippen LogP contribution in [0, 0.1) is 0 Å². The van der Waals surface area contributed by atoms with Crippen LogP contribution in [-0.2, 0) is 20.0 Å². The molecule has 0 saturated carbocycles. The van der Waals surface area contributed by atoms with E-state index in [1.54, 1.807) is 26.0 Å². The highest BCUT2D eigenvalue weighted by atomic mass is 35.5. The van der Waals surface area contributed by atoms with Crippen LogP contribution in [0.5, 0.6) is 0 Å². The number of aliphatic carboxylic acids is 1. The molecule has 0 bridgehead atoms. The first-order valence-electron chi connectivity index (χ1n) is 5.26.